The van der Waals surface area contributed by atoms with Crippen LogP contribution in [0.15, 0.2) is 41.8 Å². The number of hydrazone groups is 1. The second-order valence-electron chi connectivity index (χ2n) is 6.83. The molecule has 1 aromatic carbocycles. The third-order valence-corrected chi connectivity index (χ3v) is 4.27. The van der Waals surface area contributed by atoms with E-state index in [0.29, 0.717) is 11.5 Å². The normalized spacial score (nSPS) is 11.4. The molecule has 0 aliphatic rings. The van der Waals surface area contributed by atoms with Gasteiger partial charge in [0.1, 0.15) is 6.33 Å². The molecule has 0 bridgehead atoms. The molecule has 0 spiro atoms. The summed E-state index contributed by atoms with van der Waals surface area (Å²) in [6, 6.07) is 9.03. The van der Waals surface area contributed by atoms with Gasteiger partial charge in [0, 0.05) is 29.1 Å². The van der Waals surface area contributed by atoms with E-state index in [1.54, 1.807) is 30.5 Å². The highest BCUT2D eigenvalue weighted by atomic mass is 16.2. The first-order chi connectivity index (χ1) is 13.0. The van der Waals surface area contributed by atoms with Gasteiger partial charge in [-0.1, -0.05) is 13.8 Å². The Hall–Kier alpha value is -3.29. The van der Waals surface area contributed by atoms with Crippen molar-refractivity contribution in [2.45, 2.75) is 34.2 Å². The van der Waals surface area contributed by atoms with Crippen molar-refractivity contribution >= 4 is 12.1 Å². The van der Waals surface area contributed by atoms with E-state index in [2.05, 4.69) is 64.4 Å². The van der Waals surface area contributed by atoms with Crippen molar-refractivity contribution < 1.29 is 4.79 Å². The summed E-state index contributed by atoms with van der Waals surface area (Å²) < 4.78 is 3.79. The first-order valence-electron chi connectivity index (χ1n) is 8.79. The maximum absolute atomic E-state index is 12.3. The Labute approximate surface area is 157 Å². The second-order valence-corrected chi connectivity index (χ2v) is 6.83. The van der Waals surface area contributed by atoms with Crippen molar-refractivity contribution in [3.8, 4) is 5.69 Å². The summed E-state index contributed by atoms with van der Waals surface area (Å²) in [4.78, 5) is 12.3. The van der Waals surface area contributed by atoms with E-state index in [4.69, 9.17) is 0 Å². The molecule has 0 aliphatic heterocycles. The molecule has 0 unspecified atom stereocenters. The molecule has 0 saturated carbocycles. The summed E-state index contributed by atoms with van der Waals surface area (Å²) in [5, 5.41) is 15.1. The first kappa shape index (κ1) is 18.5. The topological polar surface area (TPSA) is 90.0 Å². The van der Waals surface area contributed by atoms with Gasteiger partial charge in [-0.2, -0.15) is 5.10 Å². The number of carbonyl (C=O) groups excluding carboxylic acids is 1. The average Bonchev–Trinajstić information content (AvgIpc) is 3.26. The van der Waals surface area contributed by atoms with E-state index < -0.39 is 0 Å². The summed E-state index contributed by atoms with van der Waals surface area (Å²) in [5.41, 5.74) is 7.19. The van der Waals surface area contributed by atoms with E-state index in [9.17, 15) is 4.79 Å². The van der Waals surface area contributed by atoms with Gasteiger partial charge >= 0.3 is 0 Å². The number of hydrogen-bond donors (Lipinski definition) is 1. The van der Waals surface area contributed by atoms with Gasteiger partial charge in [-0.05, 0) is 60.5 Å². The lowest BCUT2D eigenvalue weighted by Crippen LogP contribution is -2.17. The molecule has 0 saturated heterocycles. The number of hydrogen-bond acceptors (Lipinski definition) is 5. The number of nitrogens with zero attached hydrogens (tertiary/aromatic N) is 6. The molecule has 1 N–H and O–H groups in total. The molecule has 0 atom stereocenters. The highest BCUT2D eigenvalue weighted by molar-refractivity contribution is 5.95. The van der Waals surface area contributed by atoms with Crippen molar-refractivity contribution in [1.29, 1.82) is 0 Å². The Kier molecular flexibility index (Phi) is 5.44. The molecule has 0 radical (unpaired) electrons. The summed E-state index contributed by atoms with van der Waals surface area (Å²) in [6.45, 7) is 9.49. The zero-order valence-electron chi connectivity index (χ0n) is 15.9. The number of benzene rings is 1. The van der Waals surface area contributed by atoms with Crippen LogP contribution in [-0.2, 0) is 6.54 Å². The molecular formula is C19H23N7O. The molecule has 2 aromatic heterocycles. The number of rotatable bonds is 6. The number of carbonyl (C=O) groups is 1. The van der Waals surface area contributed by atoms with Gasteiger partial charge in [-0.25, -0.2) is 10.1 Å². The van der Waals surface area contributed by atoms with Crippen LogP contribution < -0.4 is 5.43 Å². The van der Waals surface area contributed by atoms with Crippen LogP contribution in [0.1, 0.15) is 41.2 Å². The number of amides is 1. The van der Waals surface area contributed by atoms with Gasteiger partial charge in [0.25, 0.3) is 5.91 Å². The Bertz CT molecular complexity index is 937. The molecule has 8 nitrogen and oxygen atoms in total. The van der Waals surface area contributed by atoms with Crippen molar-refractivity contribution in [1.82, 2.24) is 30.2 Å². The zero-order valence-corrected chi connectivity index (χ0v) is 15.9. The maximum Gasteiger partial charge on any atom is 0.271 e. The van der Waals surface area contributed by atoms with Crippen LogP contribution in [-0.4, -0.2) is 36.9 Å². The lowest BCUT2D eigenvalue weighted by atomic mass is 10.2. The molecule has 27 heavy (non-hydrogen) atoms. The van der Waals surface area contributed by atoms with Gasteiger partial charge < -0.3 is 4.57 Å². The lowest BCUT2D eigenvalue weighted by molar-refractivity contribution is 0.0955. The monoisotopic (exact) mass is 365 g/mol. The van der Waals surface area contributed by atoms with E-state index in [1.165, 1.54) is 16.7 Å². The van der Waals surface area contributed by atoms with Crippen molar-refractivity contribution in [3.05, 3.63) is 59.2 Å². The van der Waals surface area contributed by atoms with Gasteiger partial charge in [-0.3, -0.25) is 4.79 Å². The number of aryl methyl sites for hydroxylation is 1. The third kappa shape index (κ3) is 4.28. The maximum atomic E-state index is 12.3. The van der Waals surface area contributed by atoms with Crippen LogP contribution in [0.25, 0.3) is 5.69 Å². The summed E-state index contributed by atoms with van der Waals surface area (Å²) >= 11 is 0. The van der Waals surface area contributed by atoms with Crippen LogP contribution in [0, 0.1) is 19.8 Å². The predicted molar refractivity (Wildman–Crippen MR) is 103 cm³/mol. The van der Waals surface area contributed by atoms with Gasteiger partial charge in [0.15, 0.2) is 0 Å². The standard InChI is InChI=1S/C19H23N7O/c1-13(2)11-25-14(3)9-17(15(25)4)10-20-22-19(27)16-5-7-18(8-6-16)26-12-21-23-24-26/h5-10,12-13H,11H2,1-4H3,(H,22,27)/b20-10+. The quantitative estimate of drug-likeness (QED) is 0.537. The van der Waals surface area contributed by atoms with Gasteiger partial charge in [0.05, 0.1) is 11.9 Å². The molecule has 1 amide bonds. The SMILES string of the molecule is Cc1cc(/C=N/NC(=O)c2ccc(-n3cnnn3)cc2)c(C)n1CC(C)C. The Morgan fingerprint density at radius 3 is 2.63 bits per heavy atom. The van der Waals surface area contributed by atoms with E-state index in [0.717, 1.165) is 23.5 Å². The molecular weight excluding hydrogens is 342 g/mol. The fourth-order valence-corrected chi connectivity index (χ4v) is 2.87. The third-order valence-electron chi connectivity index (χ3n) is 4.27. The van der Waals surface area contributed by atoms with Crippen LogP contribution in [0.2, 0.25) is 0 Å². The highest BCUT2D eigenvalue weighted by Crippen LogP contribution is 2.15. The highest BCUT2D eigenvalue weighted by Gasteiger charge is 2.09. The number of nitrogens with one attached hydrogen (secondary N) is 1. The fraction of sp³-hybridized carbons (Fsp3) is 0.316. The summed E-state index contributed by atoms with van der Waals surface area (Å²) in [6.07, 6.45) is 3.18. The van der Waals surface area contributed by atoms with Crippen molar-refractivity contribution in [2.24, 2.45) is 11.0 Å². The van der Waals surface area contributed by atoms with Crippen LogP contribution in [0.4, 0.5) is 0 Å². The Morgan fingerprint density at radius 2 is 2.00 bits per heavy atom. The molecule has 0 fully saturated rings. The smallest absolute Gasteiger partial charge is 0.271 e. The van der Waals surface area contributed by atoms with Crippen molar-refractivity contribution in [3.63, 3.8) is 0 Å². The van der Waals surface area contributed by atoms with E-state index in [-0.39, 0.29) is 5.91 Å². The predicted octanol–water partition coefficient (Wildman–Crippen LogP) is 2.50. The van der Waals surface area contributed by atoms with Crippen LogP contribution >= 0.6 is 0 Å². The summed E-state index contributed by atoms with van der Waals surface area (Å²) in [5.74, 6) is 0.293. The Balaban J connectivity index is 1.65. The lowest BCUT2D eigenvalue weighted by Gasteiger charge is -2.11. The minimum Gasteiger partial charge on any atom is -0.348 e. The molecule has 140 valence electrons. The second kappa shape index (κ2) is 7.94. The molecule has 3 rings (SSSR count). The molecule has 8 heteroatoms. The minimum atomic E-state index is -0.273. The molecule has 0 aliphatic carbocycles. The number of aromatic nitrogens is 5. The van der Waals surface area contributed by atoms with E-state index >= 15 is 0 Å². The van der Waals surface area contributed by atoms with Crippen LogP contribution in [0.3, 0.4) is 0 Å². The number of tetrazole rings is 1. The molecule has 3 aromatic rings. The fourth-order valence-electron chi connectivity index (χ4n) is 2.87. The summed E-state index contributed by atoms with van der Waals surface area (Å²) in [7, 11) is 0. The average molecular weight is 365 g/mol. The van der Waals surface area contributed by atoms with Crippen LogP contribution in [0.5, 0.6) is 0 Å². The van der Waals surface area contributed by atoms with E-state index in [1.807, 2.05) is 0 Å². The minimum absolute atomic E-state index is 0.273. The molecule has 2 heterocycles. The van der Waals surface area contributed by atoms with Crippen molar-refractivity contribution in [2.75, 3.05) is 0 Å². The zero-order chi connectivity index (χ0) is 19.4. The largest absolute Gasteiger partial charge is 0.348 e. The van der Waals surface area contributed by atoms with Gasteiger partial charge in [-0.15, -0.1) is 5.10 Å². The first-order valence-corrected chi connectivity index (χ1v) is 8.79. The Morgan fingerprint density at radius 1 is 1.26 bits per heavy atom. The van der Waals surface area contributed by atoms with Gasteiger partial charge in [0.2, 0.25) is 0 Å².